The maximum absolute atomic E-state index is 14.3. The standard InChI is InChI=1S/C19H8Cl2F5NO3S/c20-9-3-1-2-8(4-9)19(28)27-31(29,30)15-5-10(12(22)6-11(15)21)16-13(23)7-14(24)17(25)18(16)26/h1-7H,(H,27,28). The molecule has 0 aliphatic carbocycles. The summed E-state index contributed by atoms with van der Waals surface area (Å²) in [5.74, 6) is -10.3. The Balaban J connectivity index is 2.11. The average Bonchev–Trinajstić information content (AvgIpc) is 2.67. The number of sulfonamides is 1. The molecule has 0 spiro atoms. The van der Waals surface area contributed by atoms with Gasteiger partial charge in [-0.2, -0.15) is 0 Å². The van der Waals surface area contributed by atoms with Gasteiger partial charge < -0.3 is 0 Å². The van der Waals surface area contributed by atoms with Crippen LogP contribution in [-0.4, -0.2) is 14.3 Å². The summed E-state index contributed by atoms with van der Waals surface area (Å²) in [5.41, 5.74) is -2.56. The van der Waals surface area contributed by atoms with Gasteiger partial charge in [-0.15, -0.1) is 0 Å². The number of carbonyl (C=O) groups excluding carboxylic acids is 1. The van der Waals surface area contributed by atoms with Gasteiger partial charge in [0.2, 0.25) is 0 Å². The molecule has 3 aromatic rings. The van der Waals surface area contributed by atoms with Crippen molar-refractivity contribution in [1.82, 2.24) is 4.72 Å². The Morgan fingerprint density at radius 3 is 2.16 bits per heavy atom. The maximum atomic E-state index is 14.3. The molecule has 0 unspecified atom stereocenters. The number of nitrogens with one attached hydrogen (secondary N) is 1. The van der Waals surface area contributed by atoms with Crippen LogP contribution in [-0.2, 0) is 10.0 Å². The first-order valence-electron chi connectivity index (χ1n) is 8.07. The SMILES string of the molecule is O=C(NS(=O)(=O)c1cc(-c2c(F)cc(F)c(F)c2F)c(F)cc1Cl)c1cccc(Cl)c1. The van der Waals surface area contributed by atoms with E-state index in [4.69, 9.17) is 23.2 Å². The third-order valence-electron chi connectivity index (χ3n) is 4.01. The molecule has 0 bridgehead atoms. The summed E-state index contributed by atoms with van der Waals surface area (Å²) < 4.78 is 96.1. The molecule has 0 saturated heterocycles. The van der Waals surface area contributed by atoms with E-state index < -0.39 is 66.1 Å². The van der Waals surface area contributed by atoms with E-state index in [0.29, 0.717) is 12.1 Å². The van der Waals surface area contributed by atoms with Crippen LogP contribution in [0.15, 0.2) is 47.4 Å². The van der Waals surface area contributed by atoms with Crippen molar-refractivity contribution in [3.63, 3.8) is 0 Å². The molecule has 0 aliphatic heterocycles. The highest BCUT2D eigenvalue weighted by molar-refractivity contribution is 7.90. The first kappa shape index (κ1) is 23.0. The largest absolute Gasteiger partial charge is 0.268 e. The van der Waals surface area contributed by atoms with Gasteiger partial charge in [-0.05, 0) is 30.3 Å². The van der Waals surface area contributed by atoms with Crippen LogP contribution in [0.25, 0.3) is 11.1 Å². The Labute approximate surface area is 182 Å². The highest BCUT2D eigenvalue weighted by Gasteiger charge is 2.28. The highest BCUT2D eigenvalue weighted by atomic mass is 35.5. The zero-order chi connectivity index (χ0) is 23.1. The lowest BCUT2D eigenvalue weighted by molar-refractivity contribution is 0.0981. The van der Waals surface area contributed by atoms with E-state index in [1.54, 1.807) is 4.72 Å². The van der Waals surface area contributed by atoms with Gasteiger partial charge in [0.15, 0.2) is 17.5 Å². The second-order valence-corrected chi connectivity index (χ2v) is 8.55. The van der Waals surface area contributed by atoms with Crippen molar-refractivity contribution in [2.75, 3.05) is 0 Å². The van der Waals surface area contributed by atoms with E-state index in [9.17, 15) is 35.2 Å². The van der Waals surface area contributed by atoms with Gasteiger partial charge >= 0.3 is 0 Å². The molecule has 3 rings (SSSR count). The van der Waals surface area contributed by atoms with Crippen LogP contribution < -0.4 is 4.72 Å². The van der Waals surface area contributed by atoms with Crippen LogP contribution in [0.2, 0.25) is 10.0 Å². The van der Waals surface area contributed by atoms with Crippen molar-refractivity contribution in [3.05, 3.63) is 87.2 Å². The van der Waals surface area contributed by atoms with E-state index in [-0.39, 0.29) is 16.7 Å². The minimum atomic E-state index is -4.80. The topological polar surface area (TPSA) is 63.2 Å². The molecule has 31 heavy (non-hydrogen) atoms. The molecule has 0 aromatic heterocycles. The third kappa shape index (κ3) is 4.51. The monoisotopic (exact) mass is 495 g/mol. The van der Waals surface area contributed by atoms with Crippen LogP contribution in [0.4, 0.5) is 22.0 Å². The minimum Gasteiger partial charge on any atom is -0.268 e. The van der Waals surface area contributed by atoms with Gasteiger partial charge in [-0.25, -0.2) is 35.1 Å². The van der Waals surface area contributed by atoms with Gasteiger partial charge in [0, 0.05) is 22.2 Å². The quantitative estimate of drug-likeness (QED) is 0.296. The first-order valence-corrected chi connectivity index (χ1v) is 10.3. The Morgan fingerprint density at radius 2 is 1.52 bits per heavy atom. The minimum absolute atomic E-state index is 0.0309. The number of hydrogen-bond donors (Lipinski definition) is 1. The average molecular weight is 496 g/mol. The molecule has 0 heterocycles. The lowest BCUT2D eigenvalue weighted by Gasteiger charge is -2.13. The highest BCUT2D eigenvalue weighted by Crippen LogP contribution is 2.35. The maximum Gasteiger partial charge on any atom is 0.265 e. The lowest BCUT2D eigenvalue weighted by atomic mass is 10.0. The van der Waals surface area contributed by atoms with Crippen LogP contribution in [0, 0.1) is 29.1 Å². The third-order valence-corrected chi connectivity index (χ3v) is 6.04. The lowest BCUT2D eigenvalue weighted by Crippen LogP contribution is -2.30. The molecule has 4 nitrogen and oxygen atoms in total. The molecule has 1 N–H and O–H groups in total. The number of benzene rings is 3. The molecule has 3 aromatic carbocycles. The summed E-state index contributed by atoms with van der Waals surface area (Å²) in [6.45, 7) is 0. The smallest absolute Gasteiger partial charge is 0.265 e. The van der Waals surface area contributed by atoms with Gasteiger partial charge in [0.25, 0.3) is 15.9 Å². The number of carbonyl (C=O) groups is 1. The summed E-state index contributed by atoms with van der Waals surface area (Å²) in [4.78, 5) is 11.3. The van der Waals surface area contributed by atoms with Crippen molar-refractivity contribution < 1.29 is 35.2 Å². The number of amides is 1. The van der Waals surface area contributed by atoms with E-state index in [0.717, 1.165) is 6.07 Å². The second kappa shape index (κ2) is 8.45. The number of halogens is 7. The predicted molar refractivity (Wildman–Crippen MR) is 103 cm³/mol. The fourth-order valence-electron chi connectivity index (χ4n) is 2.61. The zero-order valence-electron chi connectivity index (χ0n) is 14.8. The molecular formula is C19H8Cl2F5NO3S. The number of hydrogen-bond acceptors (Lipinski definition) is 3. The van der Waals surface area contributed by atoms with Crippen LogP contribution >= 0.6 is 23.2 Å². The van der Waals surface area contributed by atoms with Crippen LogP contribution in [0.5, 0.6) is 0 Å². The van der Waals surface area contributed by atoms with Gasteiger partial charge in [-0.1, -0.05) is 29.3 Å². The van der Waals surface area contributed by atoms with E-state index in [1.807, 2.05) is 0 Å². The zero-order valence-corrected chi connectivity index (χ0v) is 17.1. The summed E-state index contributed by atoms with van der Waals surface area (Å²) in [7, 11) is -4.80. The molecule has 0 radical (unpaired) electrons. The molecule has 162 valence electrons. The van der Waals surface area contributed by atoms with Gasteiger partial charge in [0.05, 0.1) is 10.6 Å². The predicted octanol–water partition coefficient (Wildman–Crippen LogP) is 5.47. The Morgan fingerprint density at radius 1 is 0.839 bits per heavy atom. The van der Waals surface area contributed by atoms with E-state index in [2.05, 4.69) is 0 Å². The molecule has 0 fully saturated rings. The van der Waals surface area contributed by atoms with Crippen LogP contribution in [0.1, 0.15) is 10.4 Å². The van der Waals surface area contributed by atoms with Crippen molar-refractivity contribution in [1.29, 1.82) is 0 Å². The summed E-state index contributed by atoms with van der Waals surface area (Å²) in [5, 5.41) is -0.604. The summed E-state index contributed by atoms with van der Waals surface area (Å²) >= 11 is 11.5. The van der Waals surface area contributed by atoms with Gasteiger partial charge in [0.1, 0.15) is 16.5 Å². The molecule has 0 saturated carbocycles. The Hall–Kier alpha value is -2.69. The Bertz CT molecular complexity index is 1330. The van der Waals surface area contributed by atoms with Crippen LogP contribution in [0.3, 0.4) is 0 Å². The van der Waals surface area contributed by atoms with Crippen molar-refractivity contribution in [3.8, 4) is 11.1 Å². The van der Waals surface area contributed by atoms with E-state index >= 15 is 0 Å². The molecule has 0 atom stereocenters. The second-order valence-electron chi connectivity index (χ2n) is 6.05. The summed E-state index contributed by atoms with van der Waals surface area (Å²) in [6, 6.07) is 5.98. The fraction of sp³-hybridized carbons (Fsp3) is 0. The van der Waals surface area contributed by atoms with Gasteiger partial charge in [-0.3, -0.25) is 4.79 Å². The fourth-order valence-corrected chi connectivity index (χ4v) is 4.31. The van der Waals surface area contributed by atoms with Crippen molar-refractivity contribution >= 4 is 39.1 Å². The van der Waals surface area contributed by atoms with Crippen molar-refractivity contribution in [2.24, 2.45) is 0 Å². The molecule has 1 amide bonds. The van der Waals surface area contributed by atoms with Crippen molar-refractivity contribution in [2.45, 2.75) is 4.90 Å². The number of rotatable bonds is 4. The van der Waals surface area contributed by atoms with E-state index in [1.165, 1.54) is 18.2 Å². The molecular weight excluding hydrogens is 488 g/mol. The summed E-state index contributed by atoms with van der Waals surface area (Å²) in [6.07, 6.45) is 0. The molecule has 12 heteroatoms. The first-order chi connectivity index (χ1) is 14.4. The molecule has 0 aliphatic rings. The normalized spacial score (nSPS) is 11.5. The Kier molecular flexibility index (Phi) is 6.26.